The van der Waals surface area contributed by atoms with E-state index in [1.54, 1.807) is 6.92 Å². The lowest BCUT2D eigenvalue weighted by Crippen LogP contribution is -2.29. The third-order valence-electron chi connectivity index (χ3n) is 5.37. The lowest BCUT2D eigenvalue weighted by molar-refractivity contribution is -0.158. The average molecular weight is 435 g/mol. The standard InChI is InChI=1S/C25H38O6/c1-15(2)30-24(28)25(8,9)13-10-14-29-23-18(5)17(4)22(31-20(7)27)19(6)21(23)12-11-16(3)26/h15H,10-14H2,1-9H3. The molecule has 1 aromatic rings. The molecule has 174 valence electrons. The van der Waals surface area contributed by atoms with Crippen LogP contribution in [0.2, 0.25) is 0 Å². The second-order valence-electron chi connectivity index (χ2n) is 9.10. The molecular weight excluding hydrogens is 396 g/mol. The lowest BCUT2D eigenvalue weighted by Gasteiger charge is -2.25. The average Bonchev–Trinajstić information content (AvgIpc) is 2.64. The number of hydrogen-bond acceptors (Lipinski definition) is 6. The van der Waals surface area contributed by atoms with E-state index in [4.69, 9.17) is 14.2 Å². The number of Topliss-reactive ketones (excluding diaryl/α,β-unsaturated/α-hetero) is 1. The molecule has 0 amide bonds. The monoisotopic (exact) mass is 434 g/mol. The van der Waals surface area contributed by atoms with E-state index in [-0.39, 0.29) is 23.8 Å². The van der Waals surface area contributed by atoms with Gasteiger partial charge in [0.1, 0.15) is 17.3 Å². The van der Waals surface area contributed by atoms with Gasteiger partial charge in [0.05, 0.1) is 18.1 Å². The molecule has 0 saturated carbocycles. The Morgan fingerprint density at radius 3 is 2.03 bits per heavy atom. The first-order valence-electron chi connectivity index (χ1n) is 10.9. The summed E-state index contributed by atoms with van der Waals surface area (Å²) in [5.74, 6) is 0.761. The highest BCUT2D eigenvalue weighted by Crippen LogP contribution is 2.39. The van der Waals surface area contributed by atoms with Crippen molar-refractivity contribution in [3.63, 3.8) is 0 Å². The number of carbonyl (C=O) groups is 3. The highest BCUT2D eigenvalue weighted by molar-refractivity contribution is 5.77. The van der Waals surface area contributed by atoms with E-state index in [0.717, 1.165) is 28.0 Å². The molecule has 0 N–H and O–H groups in total. The fourth-order valence-corrected chi connectivity index (χ4v) is 3.41. The van der Waals surface area contributed by atoms with Crippen molar-refractivity contribution < 1.29 is 28.6 Å². The van der Waals surface area contributed by atoms with Gasteiger partial charge in [0, 0.05) is 18.9 Å². The zero-order chi connectivity index (χ0) is 23.9. The van der Waals surface area contributed by atoms with Crippen LogP contribution in [-0.4, -0.2) is 30.4 Å². The van der Waals surface area contributed by atoms with Crippen LogP contribution in [0, 0.1) is 26.2 Å². The van der Waals surface area contributed by atoms with Crippen LogP contribution in [0.5, 0.6) is 11.5 Å². The number of ketones is 1. The first-order chi connectivity index (χ1) is 14.3. The third-order valence-corrected chi connectivity index (χ3v) is 5.37. The Balaban J connectivity index is 3.06. The fraction of sp³-hybridized carbons (Fsp3) is 0.640. The van der Waals surface area contributed by atoms with Crippen molar-refractivity contribution in [3.8, 4) is 11.5 Å². The Hall–Kier alpha value is -2.37. The van der Waals surface area contributed by atoms with Crippen LogP contribution in [0.1, 0.15) is 83.1 Å². The van der Waals surface area contributed by atoms with E-state index in [1.807, 2.05) is 48.5 Å². The maximum atomic E-state index is 12.3. The molecule has 0 heterocycles. The largest absolute Gasteiger partial charge is 0.493 e. The summed E-state index contributed by atoms with van der Waals surface area (Å²) in [5.41, 5.74) is 2.84. The summed E-state index contributed by atoms with van der Waals surface area (Å²) in [5, 5.41) is 0. The molecule has 0 saturated heterocycles. The van der Waals surface area contributed by atoms with Crippen molar-refractivity contribution in [2.24, 2.45) is 5.41 Å². The number of hydrogen-bond donors (Lipinski definition) is 0. The highest BCUT2D eigenvalue weighted by Gasteiger charge is 2.29. The number of ether oxygens (including phenoxy) is 3. The molecule has 0 radical (unpaired) electrons. The molecule has 6 nitrogen and oxygen atoms in total. The topological polar surface area (TPSA) is 78.9 Å². The lowest BCUT2D eigenvalue weighted by atomic mass is 9.88. The molecule has 1 aromatic carbocycles. The van der Waals surface area contributed by atoms with Crippen molar-refractivity contribution in [2.45, 2.75) is 94.1 Å². The van der Waals surface area contributed by atoms with Gasteiger partial charge in [0.2, 0.25) is 0 Å². The molecule has 0 aromatic heterocycles. The van der Waals surface area contributed by atoms with Gasteiger partial charge in [-0.2, -0.15) is 0 Å². The van der Waals surface area contributed by atoms with Gasteiger partial charge in [0.15, 0.2) is 0 Å². The first-order valence-corrected chi connectivity index (χ1v) is 10.9. The molecule has 1 rings (SSSR count). The Labute approximate surface area is 186 Å². The molecule has 6 heteroatoms. The van der Waals surface area contributed by atoms with Gasteiger partial charge < -0.3 is 19.0 Å². The minimum atomic E-state index is -0.592. The zero-order valence-corrected chi connectivity index (χ0v) is 20.6. The van der Waals surface area contributed by atoms with E-state index in [2.05, 4.69) is 0 Å². The fourth-order valence-electron chi connectivity index (χ4n) is 3.41. The van der Waals surface area contributed by atoms with Gasteiger partial charge in [-0.25, -0.2) is 0 Å². The summed E-state index contributed by atoms with van der Waals surface area (Å²) in [6.45, 7) is 16.5. The van der Waals surface area contributed by atoms with E-state index >= 15 is 0 Å². The zero-order valence-electron chi connectivity index (χ0n) is 20.6. The number of benzene rings is 1. The predicted octanol–water partition coefficient (Wildman–Crippen LogP) is 5.20. The van der Waals surface area contributed by atoms with Gasteiger partial charge in [-0.1, -0.05) is 0 Å². The highest BCUT2D eigenvalue weighted by atomic mass is 16.5. The van der Waals surface area contributed by atoms with Crippen molar-refractivity contribution >= 4 is 17.7 Å². The van der Waals surface area contributed by atoms with Gasteiger partial charge in [0.25, 0.3) is 0 Å². The Bertz CT molecular complexity index is 820. The molecule has 0 unspecified atom stereocenters. The van der Waals surface area contributed by atoms with E-state index in [0.29, 0.717) is 38.0 Å². The van der Waals surface area contributed by atoms with Crippen molar-refractivity contribution in [3.05, 3.63) is 22.3 Å². The number of esters is 2. The van der Waals surface area contributed by atoms with Crippen molar-refractivity contribution in [1.82, 2.24) is 0 Å². The van der Waals surface area contributed by atoms with Crippen LogP contribution in [0.3, 0.4) is 0 Å². The Morgan fingerprint density at radius 2 is 1.52 bits per heavy atom. The van der Waals surface area contributed by atoms with Crippen LogP contribution in [0.4, 0.5) is 0 Å². The Kier molecular flexibility index (Phi) is 9.72. The minimum absolute atomic E-state index is 0.0861. The summed E-state index contributed by atoms with van der Waals surface area (Å²) in [6, 6.07) is 0. The predicted molar refractivity (Wildman–Crippen MR) is 121 cm³/mol. The van der Waals surface area contributed by atoms with Crippen LogP contribution in [0.25, 0.3) is 0 Å². The molecule has 0 aliphatic carbocycles. The first kappa shape index (κ1) is 26.7. The maximum Gasteiger partial charge on any atom is 0.311 e. The number of carbonyl (C=O) groups excluding carboxylic acids is 3. The van der Waals surface area contributed by atoms with Crippen LogP contribution >= 0.6 is 0 Å². The van der Waals surface area contributed by atoms with E-state index in [9.17, 15) is 14.4 Å². The quantitative estimate of drug-likeness (QED) is 0.271. The van der Waals surface area contributed by atoms with Crippen LogP contribution in [-0.2, 0) is 25.5 Å². The summed E-state index contributed by atoms with van der Waals surface area (Å²) in [6.07, 6.45) is 2.06. The molecule has 0 bridgehead atoms. The molecule has 0 aliphatic heterocycles. The SMILES string of the molecule is CC(=O)CCc1c(C)c(OC(C)=O)c(C)c(C)c1OCCCC(C)(C)C(=O)OC(C)C. The minimum Gasteiger partial charge on any atom is -0.493 e. The van der Waals surface area contributed by atoms with E-state index in [1.165, 1.54) is 6.92 Å². The van der Waals surface area contributed by atoms with Crippen molar-refractivity contribution in [2.75, 3.05) is 6.61 Å². The summed E-state index contributed by atoms with van der Waals surface area (Å²) in [4.78, 5) is 35.4. The number of rotatable bonds is 11. The smallest absolute Gasteiger partial charge is 0.311 e. The van der Waals surface area contributed by atoms with Gasteiger partial charge in [-0.15, -0.1) is 0 Å². The third kappa shape index (κ3) is 7.67. The maximum absolute atomic E-state index is 12.3. The summed E-state index contributed by atoms with van der Waals surface area (Å²) in [7, 11) is 0. The van der Waals surface area contributed by atoms with Gasteiger partial charge in [-0.3, -0.25) is 9.59 Å². The summed E-state index contributed by atoms with van der Waals surface area (Å²) >= 11 is 0. The molecule has 0 atom stereocenters. The molecule has 0 spiro atoms. The second kappa shape index (κ2) is 11.3. The summed E-state index contributed by atoms with van der Waals surface area (Å²) < 4.78 is 17.0. The Morgan fingerprint density at radius 1 is 0.935 bits per heavy atom. The van der Waals surface area contributed by atoms with Gasteiger partial charge >= 0.3 is 11.9 Å². The van der Waals surface area contributed by atoms with Gasteiger partial charge in [-0.05, 0) is 91.3 Å². The molecule has 31 heavy (non-hydrogen) atoms. The van der Waals surface area contributed by atoms with Crippen LogP contribution in [0.15, 0.2) is 0 Å². The second-order valence-corrected chi connectivity index (χ2v) is 9.10. The van der Waals surface area contributed by atoms with Crippen molar-refractivity contribution in [1.29, 1.82) is 0 Å². The van der Waals surface area contributed by atoms with Crippen LogP contribution < -0.4 is 9.47 Å². The normalized spacial score (nSPS) is 11.4. The molecular formula is C25H38O6. The van der Waals surface area contributed by atoms with E-state index < -0.39 is 5.41 Å². The molecule has 0 aliphatic rings. The molecule has 0 fully saturated rings.